The standard InChI is InChI=1S/C6H11NO/c1-4-5(2)6(3)7-8/h4,8H,1-3H3/b5-4+,7-6-. The molecule has 2 heteroatoms. The van der Waals surface area contributed by atoms with Crippen molar-refractivity contribution in [3.05, 3.63) is 11.6 Å². The highest BCUT2D eigenvalue weighted by Crippen LogP contribution is 1.93. The van der Waals surface area contributed by atoms with E-state index < -0.39 is 0 Å². The van der Waals surface area contributed by atoms with Gasteiger partial charge in [-0.3, -0.25) is 0 Å². The number of nitrogens with zero attached hydrogens (tertiary/aromatic N) is 1. The molecule has 0 aromatic heterocycles. The molecule has 0 aromatic carbocycles. The van der Waals surface area contributed by atoms with Gasteiger partial charge in [0.05, 0.1) is 5.71 Å². The predicted molar refractivity (Wildman–Crippen MR) is 34.3 cm³/mol. The number of oxime groups is 1. The Morgan fingerprint density at radius 3 is 2.12 bits per heavy atom. The van der Waals surface area contributed by atoms with Crippen molar-refractivity contribution in [3.8, 4) is 0 Å². The van der Waals surface area contributed by atoms with Crippen LogP contribution in [-0.2, 0) is 0 Å². The Balaban J connectivity index is 4.04. The van der Waals surface area contributed by atoms with Crippen molar-refractivity contribution in [2.24, 2.45) is 5.16 Å². The Kier molecular flexibility index (Phi) is 2.92. The SMILES string of the molecule is C/C=C(C)/C(C)=N\O. The van der Waals surface area contributed by atoms with Crippen LogP contribution in [0, 0.1) is 0 Å². The van der Waals surface area contributed by atoms with Crippen LogP contribution in [0.3, 0.4) is 0 Å². The van der Waals surface area contributed by atoms with Crippen molar-refractivity contribution >= 4 is 5.71 Å². The van der Waals surface area contributed by atoms with Crippen molar-refractivity contribution in [1.82, 2.24) is 0 Å². The van der Waals surface area contributed by atoms with Gasteiger partial charge in [0.25, 0.3) is 0 Å². The van der Waals surface area contributed by atoms with Gasteiger partial charge in [-0.2, -0.15) is 0 Å². The Labute approximate surface area is 49.5 Å². The summed E-state index contributed by atoms with van der Waals surface area (Å²) >= 11 is 0. The van der Waals surface area contributed by atoms with Crippen LogP contribution in [-0.4, -0.2) is 10.9 Å². The summed E-state index contributed by atoms with van der Waals surface area (Å²) in [6.45, 7) is 5.56. The highest BCUT2D eigenvalue weighted by atomic mass is 16.4. The largest absolute Gasteiger partial charge is 0.411 e. The quantitative estimate of drug-likeness (QED) is 0.314. The second-order valence-corrected chi connectivity index (χ2v) is 1.66. The summed E-state index contributed by atoms with van der Waals surface area (Å²) in [5.74, 6) is 0. The molecule has 0 aliphatic heterocycles. The molecule has 0 aliphatic carbocycles. The van der Waals surface area contributed by atoms with E-state index in [0.29, 0.717) is 5.71 Å². The lowest BCUT2D eigenvalue weighted by atomic mass is 10.2. The maximum absolute atomic E-state index is 8.18. The molecule has 46 valence electrons. The third kappa shape index (κ3) is 1.78. The first-order valence-corrected chi connectivity index (χ1v) is 2.54. The third-order valence-corrected chi connectivity index (χ3v) is 1.15. The Morgan fingerprint density at radius 2 is 2.00 bits per heavy atom. The molecule has 0 unspecified atom stereocenters. The average molecular weight is 113 g/mol. The summed E-state index contributed by atoms with van der Waals surface area (Å²) in [5, 5.41) is 11.2. The van der Waals surface area contributed by atoms with Gasteiger partial charge in [0.1, 0.15) is 0 Å². The van der Waals surface area contributed by atoms with Crippen LogP contribution in [0.25, 0.3) is 0 Å². The molecular formula is C6H11NO. The number of allylic oxidation sites excluding steroid dienone is 2. The van der Waals surface area contributed by atoms with Gasteiger partial charge in [-0.05, 0) is 26.3 Å². The van der Waals surface area contributed by atoms with Gasteiger partial charge in [0.2, 0.25) is 0 Å². The van der Waals surface area contributed by atoms with E-state index in [1.807, 2.05) is 19.9 Å². The normalized spacial score (nSPS) is 14.4. The van der Waals surface area contributed by atoms with Crippen LogP contribution >= 0.6 is 0 Å². The molecule has 0 amide bonds. The molecule has 0 aromatic rings. The zero-order valence-electron chi connectivity index (χ0n) is 5.47. The average Bonchev–Trinajstić information content (AvgIpc) is 1.84. The van der Waals surface area contributed by atoms with Gasteiger partial charge in [-0.1, -0.05) is 11.2 Å². The van der Waals surface area contributed by atoms with Gasteiger partial charge in [0, 0.05) is 0 Å². The first-order valence-electron chi connectivity index (χ1n) is 2.54. The molecule has 0 saturated carbocycles. The van der Waals surface area contributed by atoms with E-state index >= 15 is 0 Å². The fourth-order valence-electron chi connectivity index (χ4n) is 0.288. The summed E-state index contributed by atoms with van der Waals surface area (Å²) in [7, 11) is 0. The molecule has 0 saturated heterocycles. The van der Waals surface area contributed by atoms with Gasteiger partial charge >= 0.3 is 0 Å². The lowest BCUT2D eigenvalue weighted by Crippen LogP contribution is -1.90. The fourth-order valence-corrected chi connectivity index (χ4v) is 0.288. The molecule has 2 nitrogen and oxygen atoms in total. The molecule has 0 spiro atoms. The Hall–Kier alpha value is -0.790. The van der Waals surface area contributed by atoms with Crippen molar-refractivity contribution in [1.29, 1.82) is 0 Å². The van der Waals surface area contributed by atoms with E-state index in [4.69, 9.17) is 5.21 Å². The minimum atomic E-state index is 0.674. The molecule has 1 N–H and O–H groups in total. The van der Waals surface area contributed by atoms with Crippen molar-refractivity contribution in [3.63, 3.8) is 0 Å². The fraction of sp³-hybridized carbons (Fsp3) is 0.500. The molecule has 0 fully saturated rings. The maximum atomic E-state index is 8.18. The highest BCUT2D eigenvalue weighted by molar-refractivity contribution is 5.97. The van der Waals surface area contributed by atoms with E-state index in [1.54, 1.807) is 6.92 Å². The summed E-state index contributed by atoms with van der Waals surface area (Å²) in [5.41, 5.74) is 1.68. The zero-order chi connectivity index (χ0) is 6.57. The molecule has 8 heavy (non-hydrogen) atoms. The highest BCUT2D eigenvalue weighted by Gasteiger charge is 1.89. The second kappa shape index (κ2) is 3.24. The van der Waals surface area contributed by atoms with Gasteiger partial charge in [0.15, 0.2) is 0 Å². The van der Waals surface area contributed by atoms with Crippen molar-refractivity contribution < 1.29 is 5.21 Å². The Morgan fingerprint density at radius 1 is 1.50 bits per heavy atom. The summed E-state index contributed by atoms with van der Waals surface area (Å²) in [6, 6.07) is 0. The van der Waals surface area contributed by atoms with Gasteiger partial charge in [-0.15, -0.1) is 0 Å². The zero-order valence-corrected chi connectivity index (χ0v) is 5.47. The van der Waals surface area contributed by atoms with Crippen LogP contribution in [0.5, 0.6) is 0 Å². The number of rotatable bonds is 1. The van der Waals surface area contributed by atoms with Crippen LogP contribution in [0.2, 0.25) is 0 Å². The first kappa shape index (κ1) is 7.21. The van der Waals surface area contributed by atoms with E-state index in [-0.39, 0.29) is 0 Å². The van der Waals surface area contributed by atoms with E-state index in [1.165, 1.54) is 0 Å². The minimum Gasteiger partial charge on any atom is -0.411 e. The maximum Gasteiger partial charge on any atom is 0.0790 e. The topological polar surface area (TPSA) is 32.6 Å². The van der Waals surface area contributed by atoms with Crippen LogP contribution in [0.15, 0.2) is 16.8 Å². The molecule has 0 atom stereocenters. The lowest BCUT2D eigenvalue weighted by Gasteiger charge is -1.91. The van der Waals surface area contributed by atoms with Crippen molar-refractivity contribution in [2.75, 3.05) is 0 Å². The van der Waals surface area contributed by atoms with Crippen LogP contribution in [0.1, 0.15) is 20.8 Å². The molecule has 0 aliphatic rings. The molecular weight excluding hydrogens is 102 g/mol. The minimum absolute atomic E-state index is 0.674. The summed E-state index contributed by atoms with van der Waals surface area (Å²) in [4.78, 5) is 0. The summed E-state index contributed by atoms with van der Waals surface area (Å²) in [6.07, 6.45) is 1.90. The monoisotopic (exact) mass is 113 g/mol. The Bertz CT molecular complexity index is 108. The number of hydrogen-bond acceptors (Lipinski definition) is 2. The van der Waals surface area contributed by atoms with E-state index in [0.717, 1.165) is 5.57 Å². The predicted octanol–water partition coefficient (Wildman–Crippen LogP) is 1.80. The van der Waals surface area contributed by atoms with E-state index in [2.05, 4.69) is 5.16 Å². The summed E-state index contributed by atoms with van der Waals surface area (Å²) < 4.78 is 0. The smallest absolute Gasteiger partial charge is 0.0790 e. The van der Waals surface area contributed by atoms with Crippen molar-refractivity contribution in [2.45, 2.75) is 20.8 Å². The molecule has 0 radical (unpaired) electrons. The molecule has 0 bridgehead atoms. The van der Waals surface area contributed by atoms with E-state index in [9.17, 15) is 0 Å². The molecule has 0 rings (SSSR count). The van der Waals surface area contributed by atoms with Crippen LogP contribution < -0.4 is 0 Å². The van der Waals surface area contributed by atoms with Gasteiger partial charge in [-0.25, -0.2) is 0 Å². The first-order chi connectivity index (χ1) is 3.72. The number of hydrogen-bond donors (Lipinski definition) is 1. The third-order valence-electron chi connectivity index (χ3n) is 1.15. The lowest BCUT2D eigenvalue weighted by molar-refractivity contribution is 0.319. The van der Waals surface area contributed by atoms with Gasteiger partial charge < -0.3 is 5.21 Å². The second-order valence-electron chi connectivity index (χ2n) is 1.66. The van der Waals surface area contributed by atoms with Crippen LogP contribution in [0.4, 0.5) is 0 Å². The molecule has 0 heterocycles.